The minimum atomic E-state index is -0.0900. The summed E-state index contributed by atoms with van der Waals surface area (Å²) in [6.07, 6.45) is 2.34. The van der Waals surface area contributed by atoms with Crippen molar-refractivity contribution in [3.63, 3.8) is 0 Å². The summed E-state index contributed by atoms with van der Waals surface area (Å²) in [5, 5.41) is 6.32. The van der Waals surface area contributed by atoms with Crippen LogP contribution < -0.4 is 20.1 Å². The average Bonchev–Trinajstić information content (AvgIpc) is 2.52. The Hall–Kier alpha value is -1.46. The van der Waals surface area contributed by atoms with Crippen LogP contribution in [-0.4, -0.2) is 39.8 Å². The van der Waals surface area contributed by atoms with Gasteiger partial charge in [0.15, 0.2) is 0 Å². The largest absolute Gasteiger partial charge is 0.497 e. The maximum absolute atomic E-state index is 12.2. The standard InChI is InChI=1S/C15H22N2O3.ClH/c1-19-13-6-12(7-14(8-13)20-2)15(18)17-10-11-4-3-5-16-9-11;/h6-8,11,16H,3-5,9-10H2,1-2H3,(H,17,18);1H. The van der Waals surface area contributed by atoms with Crippen molar-refractivity contribution in [2.24, 2.45) is 5.92 Å². The molecule has 0 saturated carbocycles. The monoisotopic (exact) mass is 314 g/mol. The Morgan fingerprint density at radius 2 is 1.95 bits per heavy atom. The van der Waals surface area contributed by atoms with Crippen molar-refractivity contribution in [2.75, 3.05) is 33.9 Å². The van der Waals surface area contributed by atoms with Gasteiger partial charge >= 0.3 is 0 Å². The van der Waals surface area contributed by atoms with Crippen molar-refractivity contribution in [3.05, 3.63) is 23.8 Å². The van der Waals surface area contributed by atoms with Crippen molar-refractivity contribution < 1.29 is 14.3 Å². The molecule has 1 saturated heterocycles. The van der Waals surface area contributed by atoms with Gasteiger partial charge in [-0.3, -0.25) is 4.79 Å². The second kappa shape index (κ2) is 8.74. The van der Waals surface area contributed by atoms with Crippen LogP contribution in [0.1, 0.15) is 23.2 Å². The van der Waals surface area contributed by atoms with E-state index in [-0.39, 0.29) is 18.3 Å². The van der Waals surface area contributed by atoms with Gasteiger partial charge in [-0.15, -0.1) is 12.4 Å². The van der Waals surface area contributed by atoms with E-state index in [0.29, 0.717) is 29.5 Å². The number of methoxy groups -OCH3 is 2. The van der Waals surface area contributed by atoms with E-state index < -0.39 is 0 Å². The number of rotatable bonds is 5. The summed E-state index contributed by atoms with van der Waals surface area (Å²) >= 11 is 0. The number of hydrogen-bond donors (Lipinski definition) is 2. The van der Waals surface area contributed by atoms with Gasteiger partial charge in [-0.25, -0.2) is 0 Å². The molecule has 1 fully saturated rings. The zero-order valence-electron chi connectivity index (χ0n) is 12.5. The Morgan fingerprint density at radius 1 is 1.29 bits per heavy atom. The molecule has 1 heterocycles. The van der Waals surface area contributed by atoms with E-state index in [2.05, 4.69) is 10.6 Å². The van der Waals surface area contributed by atoms with Crippen molar-refractivity contribution >= 4 is 18.3 Å². The number of piperidine rings is 1. The van der Waals surface area contributed by atoms with Crippen LogP contribution in [0.4, 0.5) is 0 Å². The summed E-state index contributed by atoms with van der Waals surface area (Å²) in [5.41, 5.74) is 0.560. The highest BCUT2D eigenvalue weighted by Crippen LogP contribution is 2.22. The first-order chi connectivity index (χ1) is 9.72. The lowest BCUT2D eigenvalue weighted by atomic mass is 9.99. The van der Waals surface area contributed by atoms with E-state index in [0.717, 1.165) is 19.5 Å². The second-order valence-corrected chi connectivity index (χ2v) is 5.02. The fourth-order valence-electron chi connectivity index (χ4n) is 2.38. The Kier molecular flexibility index (Phi) is 7.32. The van der Waals surface area contributed by atoms with Gasteiger partial charge in [0.2, 0.25) is 0 Å². The van der Waals surface area contributed by atoms with Crippen LogP contribution in [0, 0.1) is 5.92 Å². The van der Waals surface area contributed by atoms with Gasteiger partial charge in [0, 0.05) is 18.2 Å². The molecule has 2 rings (SSSR count). The summed E-state index contributed by atoms with van der Waals surface area (Å²) in [6, 6.07) is 5.19. The van der Waals surface area contributed by atoms with Crippen LogP contribution in [0.5, 0.6) is 11.5 Å². The van der Waals surface area contributed by atoms with Gasteiger partial charge in [-0.05, 0) is 44.0 Å². The van der Waals surface area contributed by atoms with Gasteiger partial charge in [-0.1, -0.05) is 0 Å². The van der Waals surface area contributed by atoms with Crippen molar-refractivity contribution in [1.29, 1.82) is 0 Å². The number of carbonyl (C=O) groups is 1. The number of benzene rings is 1. The minimum Gasteiger partial charge on any atom is -0.497 e. The van der Waals surface area contributed by atoms with Crippen LogP contribution >= 0.6 is 12.4 Å². The van der Waals surface area contributed by atoms with Crippen LogP contribution in [0.2, 0.25) is 0 Å². The molecule has 6 heteroatoms. The molecule has 1 aromatic rings. The molecule has 5 nitrogen and oxygen atoms in total. The first kappa shape index (κ1) is 17.6. The molecule has 1 aliphatic heterocycles. The number of amides is 1. The predicted octanol–water partition coefficient (Wildman–Crippen LogP) is 1.85. The van der Waals surface area contributed by atoms with Gasteiger partial charge in [0.05, 0.1) is 14.2 Å². The molecular formula is C15H23ClN2O3. The molecule has 1 atom stereocenters. The summed E-state index contributed by atoms with van der Waals surface area (Å²) < 4.78 is 10.3. The van der Waals surface area contributed by atoms with Crippen LogP contribution in [-0.2, 0) is 0 Å². The summed E-state index contributed by atoms with van der Waals surface area (Å²) in [6.45, 7) is 2.75. The first-order valence-electron chi connectivity index (χ1n) is 6.95. The van der Waals surface area contributed by atoms with Crippen molar-refractivity contribution in [2.45, 2.75) is 12.8 Å². The molecule has 2 N–H and O–H groups in total. The topological polar surface area (TPSA) is 59.6 Å². The fourth-order valence-corrected chi connectivity index (χ4v) is 2.38. The third-order valence-electron chi connectivity index (χ3n) is 3.56. The Morgan fingerprint density at radius 3 is 2.48 bits per heavy atom. The van der Waals surface area contributed by atoms with Crippen LogP contribution in [0.15, 0.2) is 18.2 Å². The lowest BCUT2D eigenvalue weighted by Crippen LogP contribution is -2.38. The molecule has 21 heavy (non-hydrogen) atoms. The number of nitrogens with one attached hydrogen (secondary N) is 2. The predicted molar refractivity (Wildman–Crippen MR) is 84.7 cm³/mol. The van der Waals surface area contributed by atoms with Gasteiger partial charge in [0.1, 0.15) is 11.5 Å². The fraction of sp³-hybridized carbons (Fsp3) is 0.533. The minimum absolute atomic E-state index is 0. The number of halogens is 1. The number of ether oxygens (including phenoxy) is 2. The van der Waals surface area contributed by atoms with Crippen LogP contribution in [0.3, 0.4) is 0 Å². The lowest BCUT2D eigenvalue weighted by Gasteiger charge is -2.22. The average molecular weight is 315 g/mol. The second-order valence-electron chi connectivity index (χ2n) is 5.02. The van der Waals surface area contributed by atoms with Gasteiger partial charge < -0.3 is 20.1 Å². The highest BCUT2D eigenvalue weighted by molar-refractivity contribution is 5.95. The van der Waals surface area contributed by atoms with E-state index in [4.69, 9.17) is 9.47 Å². The third-order valence-corrected chi connectivity index (χ3v) is 3.56. The Bertz CT molecular complexity index is 440. The third kappa shape index (κ3) is 5.10. The summed E-state index contributed by atoms with van der Waals surface area (Å²) in [7, 11) is 3.15. The molecule has 1 aromatic carbocycles. The maximum Gasteiger partial charge on any atom is 0.251 e. The molecule has 1 aliphatic rings. The highest BCUT2D eigenvalue weighted by Gasteiger charge is 2.15. The molecule has 118 valence electrons. The molecule has 1 amide bonds. The van der Waals surface area contributed by atoms with E-state index in [9.17, 15) is 4.79 Å². The molecule has 1 unspecified atom stereocenters. The van der Waals surface area contributed by atoms with Crippen molar-refractivity contribution in [3.8, 4) is 11.5 Å². The summed E-state index contributed by atoms with van der Waals surface area (Å²) in [4.78, 5) is 12.2. The van der Waals surface area contributed by atoms with Crippen molar-refractivity contribution in [1.82, 2.24) is 10.6 Å². The molecule has 0 aromatic heterocycles. The zero-order valence-corrected chi connectivity index (χ0v) is 13.3. The quantitative estimate of drug-likeness (QED) is 0.871. The lowest BCUT2D eigenvalue weighted by molar-refractivity contribution is 0.0944. The van der Waals surface area contributed by atoms with Gasteiger partial charge in [0.25, 0.3) is 5.91 Å². The number of hydrogen-bond acceptors (Lipinski definition) is 4. The molecule has 0 radical (unpaired) electrons. The zero-order chi connectivity index (χ0) is 14.4. The molecular weight excluding hydrogens is 292 g/mol. The molecule has 0 bridgehead atoms. The Labute approximate surface area is 131 Å². The van der Waals surface area contributed by atoms with E-state index in [1.54, 1.807) is 32.4 Å². The number of carbonyl (C=O) groups excluding carboxylic acids is 1. The normalized spacial score (nSPS) is 17.5. The maximum atomic E-state index is 12.2. The highest BCUT2D eigenvalue weighted by atomic mass is 35.5. The smallest absolute Gasteiger partial charge is 0.251 e. The van der Waals surface area contributed by atoms with Gasteiger partial charge in [-0.2, -0.15) is 0 Å². The van der Waals surface area contributed by atoms with E-state index in [1.165, 1.54) is 6.42 Å². The molecule has 0 aliphatic carbocycles. The summed E-state index contributed by atoms with van der Waals surface area (Å²) in [5.74, 6) is 1.66. The van der Waals surface area contributed by atoms with E-state index in [1.807, 2.05) is 0 Å². The SMILES string of the molecule is COc1cc(OC)cc(C(=O)NCC2CCCNC2)c1.Cl. The Balaban J connectivity index is 0.00000220. The van der Waals surface area contributed by atoms with Crippen LogP contribution in [0.25, 0.3) is 0 Å². The molecule has 0 spiro atoms. The first-order valence-corrected chi connectivity index (χ1v) is 6.95. The van der Waals surface area contributed by atoms with E-state index >= 15 is 0 Å².